The van der Waals surface area contributed by atoms with E-state index in [9.17, 15) is 15.1 Å². The Hall–Kier alpha value is -3.33. The fourth-order valence-corrected chi connectivity index (χ4v) is 4.29. The van der Waals surface area contributed by atoms with E-state index in [-0.39, 0.29) is 11.7 Å². The number of benzene rings is 1. The van der Waals surface area contributed by atoms with E-state index in [1.54, 1.807) is 31.1 Å². The molecule has 176 valence electrons. The standard InChI is InChI=1S/C24H31N5O4/c1-5-33-21-14-18-16(15-28(26-18)17-9-11-24(2,31)12-10-17)13-19(21)25-23(30)20-7-6-8-22(27(3)4)29(20)32/h6-8,13-15,17,31H,5,9-12H2,1-4H3,(H,25,30). The van der Waals surface area contributed by atoms with Crippen LogP contribution in [-0.4, -0.2) is 47.1 Å². The molecule has 0 saturated heterocycles. The summed E-state index contributed by atoms with van der Waals surface area (Å²) in [6.07, 6.45) is 5.15. The fourth-order valence-electron chi connectivity index (χ4n) is 4.29. The van der Waals surface area contributed by atoms with Gasteiger partial charge in [0.2, 0.25) is 0 Å². The van der Waals surface area contributed by atoms with Gasteiger partial charge >= 0.3 is 0 Å². The van der Waals surface area contributed by atoms with Crippen molar-refractivity contribution in [2.45, 2.75) is 51.2 Å². The normalized spacial score (nSPS) is 20.6. The monoisotopic (exact) mass is 453 g/mol. The van der Waals surface area contributed by atoms with Crippen molar-refractivity contribution in [1.29, 1.82) is 0 Å². The van der Waals surface area contributed by atoms with Crippen molar-refractivity contribution in [2.24, 2.45) is 0 Å². The van der Waals surface area contributed by atoms with Gasteiger partial charge in [0.05, 0.1) is 43.5 Å². The molecule has 1 amide bonds. The first-order valence-corrected chi connectivity index (χ1v) is 11.3. The van der Waals surface area contributed by atoms with Crippen LogP contribution in [0.2, 0.25) is 0 Å². The molecule has 0 radical (unpaired) electrons. The highest BCUT2D eigenvalue weighted by Crippen LogP contribution is 2.36. The van der Waals surface area contributed by atoms with Gasteiger partial charge in [0, 0.05) is 23.7 Å². The number of hydrogen-bond donors (Lipinski definition) is 2. The number of carbonyl (C=O) groups is 1. The molecular weight excluding hydrogens is 422 g/mol. The Labute approximate surface area is 193 Å². The molecule has 3 aromatic rings. The minimum Gasteiger partial charge on any atom is -0.710 e. The van der Waals surface area contributed by atoms with Crippen LogP contribution in [0.25, 0.3) is 10.9 Å². The van der Waals surface area contributed by atoms with Crippen molar-refractivity contribution >= 4 is 28.3 Å². The van der Waals surface area contributed by atoms with Crippen LogP contribution in [-0.2, 0) is 0 Å². The highest BCUT2D eigenvalue weighted by atomic mass is 16.5. The van der Waals surface area contributed by atoms with Crippen LogP contribution in [0.4, 0.5) is 11.5 Å². The maximum absolute atomic E-state index is 13.0. The van der Waals surface area contributed by atoms with E-state index in [1.807, 2.05) is 36.9 Å². The summed E-state index contributed by atoms with van der Waals surface area (Å²) in [5, 5.41) is 31.3. The Balaban J connectivity index is 1.64. The second-order valence-corrected chi connectivity index (χ2v) is 9.09. The molecule has 2 N–H and O–H groups in total. The molecular formula is C24H31N5O4. The summed E-state index contributed by atoms with van der Waals surface area (Å²) in [5.41, 5.74) is 0.636. The summed E-state index contributed by atoms with van der Waals surface area (Å²) in [7, 11) is 3.50. The van der Waals surface area contributed by atoms with Gasteiger partial charge in [0.25, 0.3) is 11.7 Å². The zero-order valence-corrected chi connectivity index (χ0v) is 19.5. The van der Waals surface area contributed by atoms with Crippen LogP contribution in [0.1, 0.15) is 56.1 Å². The van der Waals surface area contributed by atoms with Crippen molar-refractivity contribution in [1.82, 2.24) is 9.78 Å². The number of nitrogens with one attached hydrogen (secondary N) is 1. The molecule has 0 unspecified atom stereocenters. The molecule has 1 fully saturated rings. The number of aliphatic hydroxyl groups is 1. The van der Waals surface area contributed by atoms with Gasteiger partial charge in [-0.15, -0.1) is 0 Å². The number of rotatable bonds is 6. The number of aromatic nitrogens is 3. The largest absolute Gasteiger partial charge is 0.710 e. The van der Waals surface area contributed by atoms with Crippen LogP contribution >= 0.6 is 0 Å². The molecule has 1 aliphatic carbocycles. The average molecular weight is 454 g/mol. The highest BCUT2D eigenvalue weighted by molar-refractivity contribution is 6.04. The lowest BCUT2D eigenvalue weighted by Gasteiger charge is -2.33. The third-order valence-electron chi connectivity index (χ3n) is 6.19. The molecule has 0 bridgehead atoms. The molecule has 4 rings (SSSR count). The van der Waals surface area contributed by atoms with E-state index in [0.29, 0.717) is 28.6 Å². The SMILES string of the molecule is CCOc1cc2nn(C3CCC(C)(O)CC3)cc2cc1NC(=O)c1cccc(N(C)C)[n+]1[O-]. The summed E-state index contributed by atoms with van der Waals surface area (Å²) in [5.74, 6) is 0.350. The molecule has 9 heteroatoms. The third-order valence-corrected chi connectivity index (χ3v) is 6.19. The molecule has 0 spiro atoms. The van der Waals surface area contributed by atoms with Crippen molar-refractivity contribution in [2.75, 3.05) is 30.9 Å². The highest BCUT2D eigenvalue weighted by Gasteiger charge is 2.30. The van der Waals surface area contributed by atoms with Gasteiger partial charge in [-0.25, -0.2) is 4.73 Å². The van der Waals surface area contributed by atoms with Crippen molar-refractivity contribution < 1.29 is 19.4 Å². The maximum atomic E-state index is 13.0. The number of hydrogen-bond acceptors (Lipinski definition) is 6. The zero-order valence-electron chi connectivity index (χ0n) is 19.5. The van der Waals surface area contributed by atoms with Gasteiger partial charge in [-0.2, -0.15) is 5.10 Å². The molecule has 9 nitrogen and oxygen atoms in total. The lowest BCUT2D eigenvalue weighted by molar-refractivity contribution is -0.594. The number of carbonyl (C=O) groups excluding carboxylic acids is 1. The number of anilines is 2. The van der Waals surface area contributed by atoms with Crippen LogP contribution in [0.3, 0.4) is 0 Å². The number of nitrogens with zero attached hydrogens (tertiary/aromatic N) is 4. The number of fused-ring (bicyclic) bond motifs is 1. The first-order valence-electron chi connectivity index (χ1n) is 11.3. The smallest absolute Gasteiger partial charge is 0.296 e. The minimum absolute atomic E-state index is 0.00583. The van der Waals surface area contributed by atoms with E-state index in [1.165, 1.54) is 6.07 Å². The Morgan fingerprint density at radius 1 is 1.36 bits per heavy atom. The first-order chi connectivity index (χ1) is 15.7. The number of amides is 1. The van der Waals surface area contributed by atoms with E-state index >= 15 is 0 Å². The van der Waals surface area contributed by atoms with E-state index in [4.69, 9.17) is 9.84 Å². The van der Waals surface area contributed by atoms with Gasteiger partial charge in [0.15, 0.2) is 5.69 Å². The van der Waals surface area contributed by atoms with Crippen LogP contribution in [0.15, 0.2) is 36.5 Å². The van der Waals surface area contributed by atoms with E-state index in [2.05, 4.69) is 5.32 Å². The lowest BCUT2D eigenvalue weighted by atomic mass is 9.84. The number of pyridine rings is 1. The van der Waals surface area contributed by atoms with Crippen molar-refractivity contribution in [3.05, 3.63) is 47.4 Å². The second-order valence-electron chi connectivity index (χ2n) is 9.09. The quantitative estimate of drug-likeness (QED) is 0.438. The van der Waals surface area contributed by atoms with Crippen molar-refractivity contribution in [3.8, 4) is 5.75 Å². The predicted octanol–water partition coefficient (Wildman–Crippen LogP) is 3.25. The van der Waals surface area contributed by atoms with Crippen LogP contribution < -0.4 is 19.7 Å². The minimum atomic E-state index is -0.606. The van der Waals surface area contributed by atoms with Gasteiger partial charge < -0.3 is 20.4 Å². The van der Waals surface area contributed by atoms with Crippen LogP contribution in [0, 0.1) is 5.21 Å². The maximum Gasteiger partial charge on any atom is 0.296 e. The lowest BCUT2D eigenvalue weighted by Crippen LogP contribution is -2.41. The summed E-state index contributed by atoms with van der Waals surface area (Å²) < 4.78 is 8.33. The Bertz CT molecular complexity index is 1160. The summed E-state index contributed by atoms with van der Waals surface area (Å²) in [6.45, 7) is 4.17. The Morgan fingerprint density at radius 3 is 2.76 bits per heavy atom. The van der Waals surface area contributed by atoms with E-state index in [0.717, 1.165) is 36.6 Å². The van der Waals surface area contributed by atoms with Gasteiger partial charge in [-0.3, -0.25) is 14.4 Å². The predicted molar refractivity (Wildman–Crippen MR) is 127 cm³/mol. The van der Waals surface area contributed by atoms with Gasteiger partial charge in [0.1, 0.15) is 5.75 Å². The summed E-state index contributed by atoms with van der Waals surface area (Å²) in [6, 6.07) is 8.68. The summed E-state index contributed by atoms with van der Waals surface area (Å²) in [4.78, 5) is 14.6. The van der Waals surface area contributed by atoms with E-state index < -0.39 is 11.5 Å². The van der Waals surface area contributed by atoms with Gasteiger partial charge in [-0.05, 0) is 57.7 Å². The molecule has 1 saturated carbocycles. The van der Waals surface area contributed by atoms with Gasteiger partial charge in [-0.1, -0.05) is 0 Å². The Morgan fingerprint density at radius 2 is 2.09 bits per heavy atom. The fraction of sp³-hybridized carbons (Fsp3) is 0.458. The zero-order chi connectivity index (χ0) is 23.8. The topological polar surface area (TPSA) is 107 Å². The molecule has 33 heavy (non-hydrogen) atoms. The second kappa shape index (κ2) is 8.90. The molecule has 1 aliphatic rings. The number of ether oxygens (including phenoxy) is 1. The third kappa shape index (κ3) is 4.73. The molecule has 2 heterocycles. The molecule has 0 aliphatic heterocycles. The van der Waals surface area contributed by atoms with Crippen molar-refractivity contribution in [3.63, 3.8) is 0 Å². The molecule has 1 aromatic carbocycles. The molecule has 2 aromatic heterocycles. The first kappa shape index (κ1) is 22.8. The Kier molecular flexibility index (Phi) is 6.16. The summed E-state index contributed by atoms with van der Waals surface area (Å²) >= 11 is 0. The molecule has 0 atom stereocenters. The average Bonchev–Trinajstić information content (AvgIpc) is 3.16. The van der Waals surface area contributed by atoms with Crippen LogP contribution in [0.5, 0.6) is 5.75 Å².